The van der Waals surface area contributed by atoms with Crippen molar-refractivity contribution in [2.24, 2.45) is 0 Å². The Bertz CT molecular complexity index is 794. The number of halogens is 2. The third-order valence-corrected chi connectivity index (χ3v) is 4.46. The van der Waals surface area contributed by atoms with Crippen LogP contribution in [0.2, 0.25) is 0 Å². The molecular formula is C19H20BrFN2O3. The molecule has 0 aliphatic heterocycles. The summed E-state index contributed by atoms with van der Waals surface area (Å²) in [5, 5.41) is 0. The molecule has 5 nitrogen and oxygen atoms in total. The monoisotopic (exact) mass is 422 g/mol. The van der Waals surface area contributed by atoms with E-state index in [2.05, 4.69) is 15.9 Å². The molecule has 0 radical (unpaired) electrons. The molecule has 0 saturated heterocycles. The number of ether oxygens (including phenoxy) is 1. The zero-order valence-corrected chi connectivity index (χ0v) is 16.4. The number of carbonyl (C=O) groups is 2. The number of benzene rings is 2. The van der Waals surface area contributed by atoms with Gasteiger partial charge in [-0.05, 0) is 51.8 Å². The lowest BCUT2D eigenvalue weighted by molar-refractivity contribution is -0.133. The first kappa shape index (κ1) is 19.9. The molecule has 2 aromatic rings. The highest BCUT2D eigenvalue weighted by Crippen LogP contribution is 2.19. The second-order valence-corrected chi connectivity index (χ2v) is 6.87. The van der Waals surface area contributed by atoms with Crippen LogP contribution in [0, 0.1) is 5.82 Å². The molecule has 0 spiro atoms. The average Bonchev–Trinajstić information content (AvgIpc) is 2.61. The molecule has 0 saturated carbocycles. The fourth-order valence-corrected chi connectivity index (χ4v) is 2.64. The van der Waals surface area contributed by atoms with Crippen LogP contribution in [0.25, 0.3) is 0 Å². The number of likely N-dealkylation sites (N-methyl/N-ethyl adjacent to an activating group) is 1. The van der Waals surface area contributed by atoms with Crippen LogP contribution >= 0.6 is 15.9 Å². The number of hydrogen-bond donors (Lipinski definition) is 0. The van der Waals surface area contributed by atoms with Crippen LogP contribution in [0.4, 0.5) is 10.1 Å². The number of rotatable bonds is 6. The van der Waals surface area contributed by atoms with Gasteiger partial charge in [-0.25, -0.2) is 9.18 Å². The summed E-state index contributed by atoms with van der Waals surface area (Å²) in [5.41, 5.74) is 2.07. The molecule has 0 atom stereocenters. The molecule has 0 aliphatic rings. The van der Waals surface area contributed by atoms with Crippen molar-refractivity contribution in [2.75, 3.05) is 32.6 Å². The zero-order valence-electron chi connectivity index (χ0n) is 14.8. The number of hydrogen-bond acceptors (Lipinski definition) is 4. The molecule has 7 heteroatoms. The molecule has 1 amide bonds. The van der Waals surface area contributed by atoms with E-state index < -0.39 is 18.4 Å². The summed E-state index contributed by atoms with van der Waals surface area (Å²) in [7, 11) is 5.54. The number of carbonyl (C=O) groups excluding carboxylic acids is 2. The lowest BCUT2D eigenvalue weighted by Gasteiger charge is -2.18. The minimum atomic E-state index is -0.756. The molecule has 0 aliphatic carbocycles. The Morgan fingerprint density at radius 2 is 1.73 bits per heavy atom. The predicted molar refractivity (Wildman–Crippen MR) is 102 cm³/mol. The zero-order chi connectivity index (χ0) is 19.3. The van der Waals surface area contributed by atoms with Crippen molar-refractivity contribution in [3.63, 3.8) is 0 Å². The third-order valence-electron chi connectivity index (χ3n) is 3.77. The normalized spacial score (nSPS) is 10.3. The van der Waals surface area contributed by atoms with E-state index in [1.54, 1.807) is 7.05 Å². The largest absolute Gasteiger partial charge is 0.452 e. The Kier molecular flexibility index (Phi) is 6.74. The third kappa shape index (κ3) is 5.29. The van der Waals surface area contributed by atoms with Crippen molar-refractivity contribution in [1.82, 2.24) is 4.90 Å². The quantitative estimate of drug-likeness (QED) is 0.668. The molecule has 0 unspecified atom stereocenters. The van der Waals surface area contributed by atoms with Crippen molar-refractivity contribution >= 4 is 33.5 Å². The first-order chi connectivity index (χ1) is 12.3. The highest BCUT2D eigenvalue weighted by molar-refractivity contribution is 9.10. The van der Waals surface area contributed by atoms with Crippen molar-refractivity contribution in [2.45, 2.75) is 6.54 Å². The van der Waals surface area contributed by atoms with Crippen molar-refractivity contribution in [3.05, 3.63) is 63.9 Å². The van der Waals surface area contributed by atoms with E-state index in [0.717, 1.165) is 17.3 Å². The van der Waals surface area contributed by atoms with E-state index in [4.69, 9.17) is 4.74 Å². The summed E-state index contributed by atoms with van der Waals surface area (Å²) in [6.07, 6.45) is 0. The Morgan fingerprint density at radius 1 is 1.08 bits per heavy atom. The van der Waals surface area contributed by atoms with Crippen LogP contribution in [0.5, 0.6) is 0 Å². The fraction of sp³-hybridized carbons (Fsp3) is 0.263. The SMILES string of the molecule is CN(Cc1ccc(N(C)C)cc1)C(=O)COC(=O)c1cc(F)ccc1Br. The molecule has 26 heavy (non-hydrogen) atoms. The van der Waals surface area contributed by atoms with Gasteiger partial charge >= 0.3 is 5.97 Å². The summed E-state index contributed by atoms with van der Waals surface area (Å²) in [5.74, 6) is -1.65. The maximum Gasteiger partial charge on any atom is 0.339 e. The van der Waals surface area contributed by atoms with Gasteiger partial charge in [0.15, 0.2) is 6.61 Å². The summed E-state index contributed by atoms with van der Waals surface area (Å²) in [4.78, 5) is 27.6. The first-order valence-electron chi connectivity index (χ1n) is 7.90. The minimum Gasteiger partial charge on any atom is -0.452 e. The second-order valence-electron chi connectivity index (χ2n) is 6.01. The van der Waals surface area contributed by atoms with E-state index in [1.807, 2.05) is 43.3 Å². The summed E-state index contributed by atoms with van der Waals surface area (Å²) in [6.45, 7) is -0.0121. The van der Waals surface area contributed by atoms with E-state index in [9.17, 15) is 14.0 Å². The van der Waals surface area contributed by atoms with Gasteiger partial charge in [0.05, 0.1) is 5.56 Å². The molecule has 0 fully saturated rings. The van der Waals surface area contributed by atoms with Gasteiger partial charge in [-0.1, -0.05) is 12.1 Å². The van der Waals surface area contributed by atoms with E-state index in [1.165, 1.54) is 17.0 Å². The van der Waals surface area contributed by atoms with Gasteiger partial charge in [0, 0.05) is 37.8 Å². The molecular weight excluding hydrogens is 403 g/mol. The number of anilines is 1. The van der Waals surface area contributed by atoms with Crippen molar-refractivity contribution in [1.29, 1.82) is 0 Å². The number of nitrogens with zero attached hydrogens (tertiary/aromatic N) is 2. The number of amides is 1. The van der Waals surface area contributed by atoms with Gasteiger partial charge in [0.25, 0.3) is 5.91 Å². The maximum atomic E-state index is 13.2. The molecule has 0 bridgehead atoms. The molecule has 2 aromatic carbocycles. The molecule has 0 N–H and O–H groups in total. The summed E-state index contributed by atoms with van der Waals surface area (Å²) < 4.78 is 18.7. The standard InChI is InChI=1S/C19H20BrFN2O3/c1-22(2)15-7-4-13(5-8-15)11-23(3)18(24)12-26-19(25)16-10-14(21)6-9-17(16)20/h4-10H,11-12H2,1-3H3. The van der Waals surface area contributed by atoms with Gasteiger partial charge in [-0.15, -0.1) is 0 Å². The van der Waals surface area contributed by atoms with E-state index in [-0.39, 0.29) is 11.5 Å². The molecule has 138 valence electrons. The number of esters is 1. The van der Waals surface area contributed by atoms with Crippen LogP contribution in [0.15, 0.2) is 46.9 Å². The van der Waals surface area contributed by atoms with Crippen LogP contribution < -0.4 is 4.90 Å². The van der Waals surface area contributed by atoms with E-state index in [0.29, 0.717) is 11.0 Å². The predicted octanol–water partition coefficient (Wildman–Crippen LogP) is 3.47. The Balaban J connectivity index is 1.90. The Morgan fingerprint density at radius 3 is 2.35 bits per heavy atom. The van der Waals surface area contributed by atoms with Crippen molar-refractivity contribution in [3.8, 4) is 0 Å². The van der Waals surface area contributed by atoms with Gasteiger partial charge in [-0.3, -0.25) is 4.79 Å². The molecule has 0 heterocycles. The Hall–Kier alpha value is -2.41. The fourth-order valence-electron chi connectivity index (χ4n) is 2.23. The highest BCUT2D eigenvalue weighted by Gasteiger charge is 2.16. The highest BCUT2D eigenvalue weighted by atomic mass is 79.9. The average molecular weight is 423 g/mol. The van der Waals surface area contributed by atoms with Gasteiger partial charge in [0.2, 0.25) is 0 Å². The van der Waals surface area contributed by atoms with E-state index >= 15 is 0 Å². The lowest BCUT2D eigenvalue weighted by Crippen LogP contribution is -2.30. The molecule has 0 aromatic heterocycles. The van der Waals surface area contributed by atoms with Gasteiger partial charge in [-0.2, -0.15) is 0 Å². The van der Waals surface area contributed by atoms with Crippen LogP contribution in [0.1, 0.15) is 15.9 Å². The summed E-state index contributed by atoms with van der Waals surface area (Å²) >= 11 is 3.16. The van der Waals surface area contributed by atoms with Crippen LogP contribution in [0.3, 0.4) is 0 Å². The first-order valence-corrected chi connectivity index (χ1v) is 8.69. The smallest absolute Gasteiger partial charge is 0.339 e. The van der Waals surface area contributed by atoms with Gasteiger partial charge in [0.1, 0.15) is 5.82 Å². The molecule has 2 rings (SSSR count). The van der Waals surface area contributed by atoms with Gasteiger partial charge < -0.3 is 14.5 Å². The van der Waals surface area contributed by atoms with Crippen LogP contribution in [-0.4, -0.2) is 44.5 Å². The lowest BCUT2D eigenvalue weighted by atomic mass is 10.2. The second kappa shape index (κ2) is 8.80. The van der Waals surface area contributed by atoms with Crippen molar-refractivity contribution < 1.29 is 18.7 Å². The minimum absolute atomic E-state index is 0.0414. The summed E-state index contributed by atoms with van der Waals surface area (Å²) in [6, 6.07) is 11.5. The Labute approximate surface area is 160 Å². The maximum absolute atomic E-state index is 13.2. The topological polar surface area (TPSA) is 49.9 Å². The van der Waals surface area contributed by atoms with Crippen LogP contribution in [-0.2, 0) is 16.1 Å².